The topological polar surface area (TPSA) is 83.0 Å². The molecule has 2 aliphatic carbocycles. The number of hydrogen-bond donors (Lipinski definition) is 2. The fourth-order valence-corrected chi connectivity index (χ4v) is 4.54. The highest BCUT2D eigenvalue weighted by molar-refractivity contribution is 6.06. The smallest absolute Gasteiger partial charge is 0.233 e. The van der Waals surface area contributed by atoms with Crippen LogP contribution in [0, 0.1) is 23.7 Å². The van der Waals surface area contributed by atoms with E-state index < -0.39 is 0 Å². The van der Waals surface area contributed by atoms with Crippen LogP contribution in [-0.4, -0.2) is 62.1 Å². The van der Waals surface area contributed by atoms with Crippen LogP contribution in [0.3, 0.4) is 0 Å². The minimum Gasteiger partial charge on any atom is -0.380 e. The summed E-state index contributed by atoms with van der Waals surface area (Å²) in [5.74, 6) is 1.17. The predicted molar refractivity (Wildman–Crippen MR) is 109 cm³/mol. The summed E-state index contributed by atoms with van der Waals surface area (Å²) in [5.41, 5.74) is 0. The van der Waals surface area contributed by atoms with Gasteiger partial charge in [-0.2, -0.15) is 0 Å². The van der Waals surface area contributed by atoms with Gasteiger partial charge >= 0.3 is 0 Å². The number of allylic oxidation sites excluding steroid dienone is 2. The summed E-state index contributed by atoms with van der Waals surface area (Å²) < 4.78 is 5.55. The molecule has 0 aromatic rings. The molecule has 2 amide bonds. The quantitative estimate of drug-likeness (QED) is 0.184. The van der Waals surface area contributed by atoms with E-state index in [4.69, 9.17) is 4.74 Å². The molecule has 2 fully saturated rings. The van der Waals surface area contributed by atoms with Crippen LogP contribution < -0.4 is 10.6 Å². The van der Waals surface area contributed by atoms with Gasteiger partial charge < -0.3 is 15.4 Å². The van der Waals surface area contributed by atoms with E-state index in [1.165, 1.54) is 4.90 Å². The van der Waals surface area contributed by atoms with Crippen molar-refractivity contribution >= 4 is 17.8 Å². The number of nitrogens with zero attached hydrogens (tertiary/aromatic N) is 2. The Kier molecular flexibility index (Phi) is 7.48. The summed E-state index contributed by atoms with van der Waals surface area (Å²) in [4.78, 5) is 31.4. The molecule has 4 unspecified atom stereocenters. The highest BCUT2D eigenvalue weighted by Crippen LogP contribution is 2.52. The minimum atomic E-state index is -0.0994. The van der Waals surface area contributed by atoms with E-state index >= 15 is 0 Å². The molecular formula is C21H34N4O3. The number of likely N-dealkylation sites (tertiary alicyclic amines) is 1. The summed E-state index contributed by atoms with van der Waals surface area (Å²) >= 11 is 0. The van der Waals surface area contributed by atoms with Gasteiger partial charge in [0.25, 0.3) is 0 Å². The van der Waals surface area contributed by atoms with Gasteiger partial charge in [-0.05, 0) is 38.0 Å². The van der Waals surface area contributed by atoms with Crippen LogP contribution in [0.15, 0.2) is 17.1 Å². The second-order valence-corrected chi connectivity index (χ2v) is 7.83. The fourth-order valence-electron chi connectivity index (χ4n) is 4.54. The molecule has 0 aromatic heterocycles. The Morgan fingerprint density at radius 1 is 1.11 bits per heavy atom. The Balaban J connectivity index is 1.39. The highest BCUT2D eigenvalue weighted by Gasteiger charge is 2.58. The molecule has 1 saturated carbocycles. The SMILES string of the molecule is CCCCOCCNC(=NCCCN1C(=O)C2C3C=CC(C3)C2C1=O)NCC. The van der Waals surface area contributed by atoms with Gasteiger partial charge in [-0.3, -0.25) is 19.5 Å². The van der Waals surface area contributed by atoms with Crippen molar-refractivity contribution in [1.29, 1.82) is 0 Å². The third-order valence-electron chi connectivity index (χ3n) is 5.90. The molecule has 7 heteroatoms. The van der Waals surface area contributed by atoms with Crippen molar-refractivity contribution in [1.82, 2.24) is 15.5 Å². The first kappa shape index (κ1) is 20.8. The summed E-state index contributed by atoms with van der Waals surface area (Å²) in [6.45, 7) is 8.15. The number of carbonyl (C=O) groups is 2. The lowest BCUT2D eigenvalue weighted by Crippen LogP contribution is -2.39. The molecule has 2 bridgehead atoms. The van der Waals surface area contributed by atoms with E-state index in [9.17, 15) is 9.59 Å². The number of imide groups is 1. The number of rotatable bonds is 11. The average molecular weight is 391 g/mol. The Morgan fingerprint density at radius 2 is 1.82 bits per heavy atom. The zero-order valence-electron chi connectivity index (χ0n) is 17.2. The number of guanidine groups is 1. The molecule has 1 heterocycles. The van der Waals surface area contributed by atoms with Gasteiger partial charge in [-0.15, -0.1) is 0 Å². The molecule has 156 valence electrons. The molecule has 3 aliphatic rings. The molecule has 0 aromatic carbocycles. The number of fused-ring (bicyclic) bond motifs is 5. The largest absolute Gasteiger partial charge is 0.380 e. The van der Waals surface area contributed by atoms with Crippen molar-refractivity contribution in [2.75, 3.05) is 39.4 Å². The van der Waals surface area contributed by atoms with Crippen LogP contribution >= 0.6 is 0 Å². The van der Waals surface area contributed by atoms with Crippen molar-refractivity contribution in [2.45, 2.75) is 39.5 Å². The second-order valence-electron chi connectivity index (χ2n) is 7.83. The summed E-state index contributed by atoms with van der Waals surface area (Å²) in [7, 11) is 0. The van der Waals surface area contributed by atoms with Gasteiger partial charge in [-0.1, -0.05) is 25.5 Å². The first-order valence-electron chi connectivity index (χ1n) is 10.8. The first-order valence-corrected chi connectivity index (χ1v) is 10.8. The van der Waals surface area contributed by atoms with Gasteiger partial charge in [0.2, 0.25) is 11.8 Å². The number of ether oxygens (including phenoxy) is 1. The maximum Gasteiger partial charge on any atom is 0.233 e. The fraction of sp³-hybridized carbons (Fsp3) is 0.762. The zero-order chi connectivity index (χ0) is 19.9. The maximum absolute atomic E-state index is 12.7. The molecule has 3 rings (SSSR count). The monoisotopic (exact) mass is 390 g/mol. The molecule has 1 saturated heterocycles. The third-order valence-corrected chi connectivity index (χ3v) is 5.90. The first-order chi connectivity index (χ1) is 13.7. The Bertz CT molecular complexity index is 589. The average Bonchev–Trinajstić information content (AvgIpc) is 3.36. The molecular weight excluding hydrogens is 356 g/mol. The molecule has 7 nitrogen and oxygen atoms in total. The van der Waals surface area contributed by atoms with Crippen molar-refractivity contribution in [3.63, 3.8) is 0 Å². The second kappa shape index (κ2) is 10.0. The Hall–Kier alpha value is -1.89. The van der Waals surface area contributed by atoms with Gasteiger partial charge in [0.1, 0.15) is 0 Å². The van der Waals surface area contributed by atoms with Crippen LogP contribution in [0.25, 0.3) is 0 Å². The van der Waals surface area contributed by atoms with Crippen molar-refractivity contribution < 1.29 is 14.3 Å². The van der Waals surface area contributed by atoms with E-state index in [1.54, 1.807) is 0 Å². The van der Waals surface area contributed by atoms with E-state index in [0.717, 1.165) is 38.4 Å². The summed E-state index contributed by atoms with van der Waals surface area (Å²) in [6, 6.07) is 0. The standard InChI is InChI=1S/C21H34N4O3/c1-3-5-12-28-13-10-24-21(22-4-2)23-9-6-11-25-19(26)17-15-7-8-16(14-15)18(17)20(25)27/h7-8,15-18H,3-6,9-14H2,1-2H3,(H2,22,23,24). The molecule has 0 spiro atoms. The molecule has 28 heavy (non-hydrogen) atoms. The lowest BCUT2D eigenvalue weighted by atomic mass is 9.85. The van der Waals surface area contributed by atoms with Crippen LogP contribution in [0.4, 0.5) is 0 Å². The number of amides is 2. The Labute approximate surface area is 168 Å². The van der Waals surface area contributed by atoms with Crippen LogP contribution in [0.2, 0.25) is 0 Å². The normalized spacial score (nSPS) is 28.4. The number of carbonyl (C=O) groups excluding carboxylic acids is 2. The molecule has 1 aliphatic heterocycles. The van der Waals surface area contributed by atoms with E-state index in [1.807, 2.05) is 6.92 Å². The lowest BCUT2D eigenvalue weighted by Gasteiger charge is -2.17. The predicted octanol–water partition coefficient (Wildman–Crippen LogP) is 1.56. The number of unbranched alkanes of at least 4 members (excludes halogenated alkanes) is 1. The minimum absolute atomic E-state index is 0.0325. The molecule has 2 N–H and O–H groups in total. The molecule has 0 radical (unpaired) electrons. The zero-order valence-corrected chi connectivity index (χ0v) is 17.2. The number of nitrogens with one attached hydrogen (secondary N) is 2. The van der Waals surface area contributed by atoms with E-state index in [-0.39, 0.29) is 35.5 Å². The number of hydrogen-bond acceptors (Lipinski definition) is 4. The van der Waals surface area contributed by atoms with Crippen molar-refractivity contribution in [3.8, 4) is 0 Å². The molecule has 4 atom stereocenters. The summed E-state index contributed by atoms with van der Waals surface area (Å²) in [5, 5.41) is 6.46. The van der Waals surface area contributed by atoms with Gasteiger partial charge in [-0.25, -0.2) is 0 Å². The van der Waals surface area contributed by atoms with Gasteiger partial charge in [0.15, 0.2) is 5.96 Å². The number of aliphatic imine (C=N–C) groups is 1. The van der Waals surface area contributed by atoms with Crippen molar-refractivity contribution in [2.24, 2.45) is 28.7 Å². The van der Waals surface area contributed by atoms with E-state index in [0.29, 0.717) is 32.7 Å². The van der Waals surface area contributed by atoms with Crippen LogP contribution in [0.1, 0.15) is 39.5 Å². The van der Waals surface area contributed by atoms with Gasteiger partial charge in [0, 0.05) is 32.8 Å². The Morgan fingerprint density at radius 3 is 2.46 bits per heavy atom. The highest BCUT2D eigenvalue weighted by atomic mass is 16.5. The van der Waals surface area contributed by atoms with Crippen LogP contribution in [0.5, 0.6) is 0 Å². The third kappa shape index (κ3) is 4.57. The van der Waals surface area contributed by atoms with Crippen molar-refractivity contribution in [3.05, 3.63) is 12.2 Å². The maximum atomic E-state index is 12.7. The van der Waals surface area contributed by atoms with Gasteiger partial charge in [0.05, 0.1) is 18.4 Å². The summed E-state index contributed by atoms with van der Waals surface area (Å²) in [6.07, 6.45) is 8.14. The van der Waals surface area contributed by atoms with Crippen LogP contribution in [-0.2, 0) is 14.3 Å². The van der Waals surface area contributed by atoms with E-state index in [2.05, 4.69) is 34.7 Å². The lowest BCUT2D eigenvalue weighted by molar-refractivity contribution is -0.140.